The van der Waals surface area contributed by atoms with Gasteiger partial charge in [-0.1, -0.05) is 26.2 Å². The maximum atomic E-state index is 12.3. The fraction of sp³-hybridized carbons (Fsp3) is 0.933. The predicted molar refractivity (Wildman–Crippen MR) is 77.4 cm³/mol. The summed E-state index contributed by atoms with van der Waals surface area (Å²) >= 11 is 0. The average Bonchev–Trinajstić information content (AvgIpc) is 2.94. The maximum Gasteiger partial charge on any atom is 0.227 e. The van der Waals surface area contributed by atoms with Crippen molar-refractivity contribution in [1.82, 2.24) is 10.6 Å². The molecule has 1 saturated carbocycles. The lowest BCUT2D eigenvalue weighted by atomic mass is 9.74. The molecule has 2 atom stereocenters. The highest BCUT2D eigenvalue weighted by atomic mass is 16.5. The summed E-state index contributed by atoms with van der Waals surface area (Å²) in [7, 11) is 0. The van der Waals surface area contributed by atoms with Crippen LogP contribution in [0.1, 0.15) is 39.0 Å². The minimum absolute atomic E-state index is 0.0619. The average molecular weight is 284 g/mol. The molecule has 0 spiro atoms. The Kier molecular flexibility index (Phi) is 5.81. The summed E-state index contributed by atoms with van der Waals surface area (Å²) in [6.07, 6.45) is 5.59. The van der Waals surface area contributed by atoms with E-state index in [1.807, 2.05) is 6.92 Å². The van der Waals surface area contributed by atoms with Gasteiger partial charge in [0.25, 0.3) is 0 Å². The van der Waals surface area contributed by atoms with Crippen molar-refractivity contribution in [2.75, 3.05) is 32.9 Å². The van der Waals surface area contributed by atoms with E-state index in [1.54, 1.807) is 0 Å². The van der Waals surface area contributed by atoms with Crippen molar-refractivity contribution in [3.63, 3.8) is 0 Å². The van der Waals surface area contributed by atoms with Crippen LogP contribution in [0.15, 0.2) is 0 Å². The molecule has 5 nitrogen and oxygen atoms in total. The van der Waals surface area contributed by atoms with Crippen LogP contribution in [0.5, 0.6) is 0 Å². The molecule has 0 aromatic rings. The highest BCUT2D eigenvalue weighted by Gasteiger charge is 2.36. The van der Waals surface area contributed by atoms with E-state index in [-0.39, 0.29) is 29.9 Å². The molecule has 2 aliphatic rings. The van der Waals surface area contributed by atoms with Gasteiger partial charge in [0.15, 0.2) is 0 Å². The van der Waals surface area contributed by atoms with Gasteiger partial charge in [-0.25, -0.2) is 0 Å². The number of carbonyl (C=O) groups is 1. The third kappa shape index (κ3) is 3.71. The molecule has 1 aliphatic heterocycles. The third-order valence-electron chi connectivity index (χ3n) is 4.77. The summed E-state index contributed by atoms with van der Waals surface area (Å²) in [4.78, 5) is 12.3. The number of nitrogens with one attached hydrogen (secondary N) is 2. The first kappa shape index (κ1) is 15.7. The van der Waals surface area contributed by atoms with E-state index in [0.717, 1.165) is 32.2 Å². The summed E-state index contributed by atoms with van der Waals surface area (Å²) in [6.45, 7) is 4.75. The third-order valence-corrected chi connectivity index (χ3v) is 4.77. The smallest absolute Gasteiger partial charge is 0.227 e. The maximum absolute atomic E-state index is 12.3. The first-order valence-electron chi connectivity index (χ1n) is 7.90. The van der Waals surface area contributed by atoms with Gasteiger partial charge in [0, 0.05) is 18.0 Å². The van der Waals surface area contributed by atoms with Crippen molar-refractivity contribution in [1.29, 1.82) is 0 Å². The van der Waals surface area contributed by atoms with Gasteiger partial charge in [0.05, 0.1) is 25.7 Å². The molecule has 0 aromatic carbocycles. The highest BCUT2D eigenvalue weighted by Crippen LogP contribution is 2.35. The minimum atomic E-state index is -0.103. The van der Waals surface area contributed by atoms with Gasteiger partial charge in [-0.3, -0.25) is 4.79 Å². The van der Waals surface area contributed by atoms with Crippen LogP contribution >= 0.6 is 0 Å². The van der Waals surface area contributed by atoms with Crippen molar-refractivity contribution < 1.29 is 14.6 Å². The van der Waals surface area contributed by atoms with Crippen LogP contribution in [0.3, 0.4) is 0 Å². The molecule has 3 N–H and O–H groups in total. The Balaban J connectivity index is 1.84. The van der Waals surface area contributed by atoms with Gasteiger partial charge >= 0.3 is 0 Å². The zero-order chi connectivity index (χ0) is 14.4. The zero-order valence-corrected chi connectivity index (χ0v) is 12.5. The summed E-state index contributed by atoms with van der Waals surface area (Å²) in [5.41, 5.74) is -0.0962. The van der Waals surface area contributed by atoms with Gasteiger partial charge in [-0.15, -0.1) is 0 Å². The SMILES string of the molecule is CCNC1COCC1C(=O)NCC1(CO)CCCCC1. The van der Waals surface area contributed by atoms with Crippen molar-refractivity contribution in [2.24, 2.45) is 11.3 Å². The second kappa shape index (κ2) is 7.38. The molecule has 1 amide bonds. The normalized spacial score (nSPS) is 29.3. The van der Waals surface area contributed by atoms with E-state index in [9.17, 15) is 9.90 Å². The Morgan fingerprint density at radius 1 is 1.30 bits per heavy atom. The van der Waals surface area contributed by atoms with E-state index in [1.165, 1.54) is 6.42 Å². The molecule has 116 valence electrons. The molecule has 2 unspecified atom stereocenters. The number of carbonyl (C=O) groups excluding carboxylic acids is 1. The van der Waals surface area contributed by atoms with Crippen molar-refractivity contribution in [3.8, 4) is 0 Å². The van der Waals surface area contributed by atoms with Crippen LogP contribution in [0.4, 0.5) is 0 Å². The lowest BCUT2D eigenvalue weighted by molar-refractivity contribution is -0.126. The number of ether oxygens (including phenoxy) is 1. The fourth-order valence-corrected chi connectivity index (χ4v) is 3.37. The molecule has 0 aromatic heterocycles. The lowest BCUT2D eigenvalue weighted by Crippen LogP contribution is -2.48. The van der Waals surface area contributed by atoms with Crippen LogP contribution in [-0.2, 0) is 9.53 Å². The number of rotatable bonds is 6. The largest absolute Gasteiger partial charge is 0.396 e. The van der Waals surface area contributed by atoms with Crippen LogP contribution in [-0.4, -0.2) is 50.0 Å². The van der Waals surface area contributed by atoms with Gasteiger partial charge < -0.3 is 20.5 Å². The fourth-order valence-electron chi connectivity index (χ4n) is 3.37. The van der Waals surface area contributed by atoms with E-state index in [2.05, 4.69) is 10.6 Å². The van der Waals surface area contributed by atoms with E-state index in [0.29, 0.717) is 19.8 Å². The Morgan fingerprint density at radius 3 is 2.70 bits per heavy atom. The molecule has 2 rings (SSSR count). The summed E-state index contributed by atoms with van der Waals surface area (Å²) in [5.74, 6) is -0.0406. The molecule has 0 radical (unpaired) electrons. The van der Waals surface area contributed by atoms with Gasteiger partial charge in [0.2, 0.25) is 5.91 Å². The van der Waals surface area contributed by atoms with E-state index >= 15 is 0 Å². The van der Waals surface area contributed by atoms with Crippen LogP contribution in [0.2, 0.25) is 0 Å². The quantitative estimate of drug-likeness (QED) is 0.670. The Labute approximate surface area is 121 Å². The zero-order valence-electron chi connectivity index (χ0n) is 12.5. The van der Waals surface area contributed by atoms with Crippen LogP contribution < -0.4 is 10.6 Å². The highest BCUT2D eigenvalue weighted by molar-refractivity contribution is 5.79. The Bertz CT molecular complexity index is 316. The van der Waals surface area contributed by atoms with Crippen molar-refractivity contribution >= 4 is 5.91 Å². The summed E-state index contributed by atoms with van der Waals surface area (Å²) < 4.78 is 5.41. The number of hydrogen-bond donors (Lipinski definition) is 3. The van der Waals surface area contributed by atoms with Gasteiger partial charge in [-0.05, 0) is 19.4 Å². The number of aliphatic hydroxyl groups excluding tert-OH is 1. The lowest BCUT2D eigenvalue weighted by Gasteiger charge is -2.36. The standard InChI is InChI=1S/C15H28N2O3/c1-2-16-13-9-20-8-12(13)14(19)17-10-15(11-18)6-4-3-5-7-15/h12-13,16,18H,2-11H2,1H3,(H,17,19). The molecule has 1 aliphatic carbocycles. The number of likely N-dealkylation sites (N-methyl/N-ethyl adjacent to an activating group) is 1. The van der Waals surface area contributed by atoms with Crippen LogP contribution in [0, 0.1) is 11.3 Å². The monoisotopic (exact) mass is 284 g/mol. The summed E-state index contributed by atoms with van der Waals surface area (Å²) in [6, 6.07) is 0.122. The molecular weight excluding hydrogens is 256 g/mol. The molecule has 2 fully saturated rings. The Hall–Kier alpha value is -0.650. The van der Waals surface area contributed by atoms with Gasteiger partial charge in [0.1, 0.15) is 0 Å². The predicted octanol–water partition coefficient (Wildman–Crippen LogP) is 0.670. The number of hydrogen-bond acceptors (Lipinski definition) is 4. The van der Waals surface area contributed by atoms with Crippen molar-refractivity contribution in [2.45, 2.75) is 45.1 Å². The van der Waals surface area contributed by atoms with E-state index in [4.69, 9.17) is 4.74 Å². The molecule has 0 bridgehead atoms. The molecule has 1 saturated heterocycles. The molecule has 1 heterocycles. The summed E-state index contributed by atoms with van der Waals surface area (Å²) in [5, 5.41) is 16.0. The van der Waals surface area contributed by atoms with Crippen LogP contribution in [0.25, 0.3) is 0 Å². The molecular formula is C15H28N2O3. The van der Waals surface area contributed by atoms with E-state index < -0.39 is 0 Å². The number of aliphatic hydroxyl groups is 1. The Morgan fingerprint density at radius 2 is 2.05 bits per heavy atom. The molecule has 5 heteroatoms. The van der Waals surface area contributed by atoms with Crippen molar-refractivity contribution in [3.05, 3.63) is 0 Å². The first-order valence-corrected chi connectivity index (χ1v) is 7.90. The topological polar surface area (TPSA) is 70.6 Å². The second-order valence-corrected chi connectivity index (χ2v) is 6.24. The van der Waals surface area contributed by atoms with Gasteiger partial charge in [-0.2, -0.15) is 0 Å². The first-order chi connectivity index (χ1) is 9.71. The number of amides is 1. The molecule has 20 heavy (non-hydrogen) atoms. The minimum Gasteiger partial charge on any atom is -0.396 e. The second-order valence-electron chi connectivity index (χ2n) is 6.24.